The number of hydrogen-bond donors (Lipinski definition) is 4. The molecule has 0 aromatic carbocycles. The lowest BCUT2D eigenvalue weighted by atomic mass is 9.77. The number of carbonyl (C=O) groups excluding carboxylic acids is 4. The molecule has 0 aliphatic rings. The number of hydrogen-bond acceptors (Lipinski definition) is 7. The van der Waals surface area contributed by atoms with Gasteiger partial charge >= 0.3 is 0 Å². The van der Waals surface area contributed by atoms with Crippen LogP contribution in [0.25, 0.3) is 0 Å². The average Bonchev–Trinajstić information content (AvgIpc) is 3.01. The van der Waals surface area contributed by atoms with E-state index in [4.69, 9.17) is 0 Å². The Balaban J connectivity index is 4.98. The van der Waals surface area contributed by atoms with E-state index in [1.807, 2.05) is 13.8 Å². The normalized spacial score (nSPS) is 17.9. The predicted octanol–water partition coefficient (Wildman–Crippen LogP) is 6.30. The monoisotopic (exact) mass is 635 g/mol. The number of carbonyl (C=O) groups is 4. The summed E-state index contributed by atoms with van der Waals surface area (Å²) in [6, 6.07) is 0. The van der Waals surface area contributed by atoms with E-state index in [-0.39, 0.29) is 54.4 Å². The van der Waals surface area contributed by atoms with Gasteiger partial charge in [-0.3, -0.25) is 19.2 Å². The fraction of sp³-hybridized carbons (Fsp3) is 0.784. The van der Waals surface area contributed by atoms with Crippen molar-refractivity contribution in [3.05, 3.63) is 23.3 Å². The summed E-state index contributed by atoms with van der Waals surface area (Å²) in [6.07, 6.45) is 7.71. The average molecular weight is 636 g/mol. The van der Waals surface area contributed by atoms with Crippen molar-refractivity contribution in [2.45, 2.75) is 151 Å². The molecular weight excluding hydrogens is 570 g/mol. The molecule has 260 valence electrons. The van der Waals surface area contributed by atoms with E-state index in [0.717, 1.165) is 32.1 Å². The molecule has 0 rings (SSSR count). The quantitative estimate of drug-likeness (QED) is 0.0682. The first kappa shape index (κ1) is 42.8. The lowest BCUT2D eigenvalue weighted by Gasteiger charge is -2.31. The van der Waals surface area contributed by atoms with E-state index in [0.29, 0.717) is 25.8 Å². The molecule has 0 aromatic heterocycles. The molecule has 4 N–H and O–H groups in total. The Hall–Kier alpha value is -2.16. The Morgan fingerprint density at radius 3 is 1.93 bits per heavy atom. The Labute approximate surface area is 273 Å². The van der Waals surface area contributed by atoms with Crippen molar-refractivity contribution in [3.8, 4) is 0 Å². The van der Waals surface area contributed by atoms with Crippen molar-refractivity contribution < 1.29 is 34.5 Å². The van der Waals surface area contributed by atoms with E-state index in [2.05, 4.69) is 38.2 Å². The summed E-state index contributed by atoms with van der Waals surface area (Å²) < 4.78 is 0. The molecule has 0 saturated heterocycles. The number of allylic oxidation sites excluding steroid dienone is 4. The zero-order valence-corrected chi connectivity index (χ0v) is 29.7. The smallest absolute Gasteiger partial charge is 0.216 e. The highest BCUT2D eigenvalue weighted by Gasteiger charge is 2.36. The standard InChI is InChI=1S/C37H65NO7/c1-10-29(11-2)16-14-17-30(12-3)22-25(6)36(44)32(13-4)37(45)27(8)35(43)24(5)19-20-31(40)23-34(42)26(7)33(41)18-15-21-38-28(9)39/h10,17,24-27,32,34-36,42-44H,11-16,18-23H2,1-9H3,(H,38,39). The number of aliphatic hydroxyl groups is 3. The fourth-order valence-electron chi connectivity index (χ4n) is 5.94. The first-order chi connectivity index (χ1) is 21.1. The van der Waals surface area contributed by atoms with Crippen LogP contribution in [0.2, 0.25) is 0 Å². The van der Waals surface area contributed by atoms with Crippen molar-refractivity contribution in [1.82, 2.24) is 5.32 Å². The molecule has 1 amide bonds. The van der Waals surface area contributed by atoms with Crippen molar-refractivity contribution in [3.63, 3.8) is 0 Å². The van der Waals surface area contributed by atoms with Crippen LogP contribution < -0.4 is 5.32 Å². The third kappa shape index (κ3) is 16.3. The lowest BCUT2D eigenvalue weighted by molar-refractivity contribution is -0.136. The highest BCUT2D eigenvalue weighted by atomic mass is 16.3. The van der Waals surface area contributed by atoms with Crippen LogP contribution in [0, 0.1) is 29.6 Å². The molecule has 0 bridgehead atoms. The van der Waals surface area contributed by atoms with Gasteiger partial charge in [-0.05, 0) is 70.1 Å². The Morgan fingerprint density at radius 1 is 0.778 bits per heavy atom. The van der Waals surface area contributed by atoms with Crippen LogP contribution in [0.4, 0.5) is 0 Å². The second-order valence-electron chi connectivity index (χ2n) is 13.1. The van der Waals surface area contributed by atoms with Gasteiger partial charge in [0.2, 0.25) is 5.91 Å². The summed E-state index contributed by atoms with van der Waals surface area (Å²) in [5, 5.41) is 35.3. The molecule has 8 heteroatoms. The zero-order chi connectivity index (χ0) is 34.7. The van der Waals surface area contributed by atoms with Crippen molar-refractivity contribution in [2.24, 2.45) is 29.6 Å². The summed E-state index contributed by atoms with van der Waals surface area (Å²) >= 11 is 0. The third-order valence-electron chi connectivity index (χ3n) is 9.52. The SMILES string of the molecule is CC=C(CC)CCC=C(CC)CC(C)C(O)C(CC)C(=O)C(C)C(O)C(C)CCC(=O)CC(O)C(C)C(=O)CCCNC(C)=O. The van der Waals surface area contributed by atoms with Crippen molar-refractivity contribution in [2.75, 3.05) is 6.54 Å². The van der Waals surface area contributed by atoms with Gasteiger partial charge in [0.05, 0.1) is 18.3 Å². The van der Waals surface area contributed by atoms with E-state index in [1.165, 1.54) is 18.1 Å². The minimum atomic E-state index is -1.09. The second-order valence-corrected chi connectivity index (χ2v) is 13.1. The number of aliphatic hydroxyl groups excluding tert-OH is 3. The fourth-order valence-corrected chi connectivity index (χ4v) is 5.94. The van der Waals surface area contributed by atoms with Crippen LogP contribution in [0.1, 0.15) is 133 Å². The first-order valence-corrected chi connectivity index (χ1v) is 17.3. The molecule has 45 heavy (non-hydrogen) atoms. The lowest BCUT2D eigenvalue weighted by Crippen LogP contribution is -2.41. The predicted molar refractivity (Wildman–Crippen MR) is 182 cm³/mol. The topological polar surface area (TPSA) is 141 Å². The van der Waals surface area contributed by atoms with E-state index >= 15 is 0 Å². The van der Waals surface area contributed by atoms with Crippen LogP contribution in [-0.4, -0.2) is 63.4 Å². The second kappa shape index (κ2) is 23.2. The molecule has 8 nitrogen and oxygen atoms in total. The number of ketones is 3. The van der Waals surface area contributed by atoms with Gasteiger partial charge in [0.1, 0.15) is 17.3 Å². The van der Waals surface area contributed by atoms with Gasteiger partial charge in [0.25, 0.3) is 0 Å². The Kier molecular flexibility index (Phi) is 22.1. The van der Waals surface area contributed by atoms with Crippen LogP contribution in [0.5, 0.6) is 0 Å². The summed E-state index contributed by atoms with van der Waals surface area (Å²) in [6.45, 7) is 17.1. The van der Waals surface area contributed by atoms with Gasteiger partial charge in [0, 0.05) is 50.5 Å². The summed E-state index contributed by atoms with van der Waals surface area (Å²) in [7, 11) is 0. The van der Waals surface area contributed by atoms with E-state index < -0.39 is 36.1 Å². The van der Waals surface area contributed by atoms with Gasteiger partial charge in [-0.1, -0.05) is 71.8 Å². The van der Waals surface area contributed by atoms with Gasteiger partial charge in [-0.2, -0.15) is 0 Å². The van der Waals surface area contributed by atoms with E-state index in [1.54, 1.807) is 20.8 Å². The maximum atomic E-state index is 13.5. The van der Waals surface area contributed by atoms with Gasteiger partial charge < -0.3 is 20.6 Å². The van der Waals surface area contributed by atoms with Gasteiger partial charge in [0.15, 0.2) is 0 Å². The maximum Gasteiger partial charge on any atom is 0.216 e. The van der Waals surface area contributed by atoms with Gasteiger partial charge in [-0.25, -0.2) is 0 Å². The highest BCUT2D eigenvalue weighted by Crippen LogP contribution is 2.29. The largest absolute Gasteiger partial charge is 0.392 e. The summed E-state index contributed by atoms with van der Waals surface area (Å²) in [5.41, 5.74) is 2.72. The summed E-state index contributed by atoms with van der Waals surface area (Å²) in [5.74, 6) is -3.10. The van der Waals surface area contributed by atoms with Gasteiger partial charge in [-0.15, -0.1) is 0 Å². The molecule has 0 fully saturated rings. The van der Waals surface area contributed by atoms with Crippen molar-refractivity contribution in [1.29, 1.82) is 0 Å². The molecule has 0 saturated carbocycles. The van der Waals surface area contributed by atoms with Crippen LogP contribution in [0.3, 0.4) is 0 Å². The molecular formula is C37H65NO7. The molecule has 0 radical (unpaired) electrons. The molecule has 8 unspecified atom stereocenters. The molecule has 0 aromatic rings. The number of rotatable bonds is 25. The van der Waals surface area contributed by atoms with Crippen LogP contribution >= 0.6 is 0 Å². The number of Topliss-reactive ketones (excluding diaryl/α,β-unsaturated/α-hetero) is 3. The van der Waals surface area contributed by atoms with Crippen molar-refractivity contribution >= 4 is 23.3 Å². The third-order valence-corrected chi connectivity index (χ3v) is 9.52. The molecule has 0 heterocycles. The molecule has 0 aliphatic carbocycles. The Bertz CT molecular complexity index is 972. The molecule has 8 atom stereocenters. The van der Waals surface area contributed by atoms with Crippen LogP contribution in [0.15, 0.2) is 23.3 Å². The van der Waals surface area contributed by atoms with E-state index in [9.17, 15) is 34.5 Å². The number of nitrogens with one attached hydrogen (secondary N) is 1. The Morgan fingerprint density at radius 2 is 1.40 bits per heavy atom. The molecule has 0 spiro atoms. The molecule has 0 aliphatic heterocycles. The summed E-state index contributed by atoms with van der Waals surface area (Å²) in [4.78, 5) is 49.4. The minimum absolute atomic E-state index is 0.102. The van der Waals surface area contributed by atoms with Crippen LogP contribution in [-0.2, 0) is 19.2 Å². The first-order valence-electron chi connectivity index (χ1n) is 17.3. The zero-order valence-electron chi connectivity index (χ0n) is 29.7. The maximum absolute atomic E-state index is 13.5. The highest BCUT2D eigenvalue weighted by molar-refractivity contribution is 5.85. The minimum Gasteiger partial charge on any atom is -0.392 e. The number of amides is 1.